The minimum Gasteiger partial charge on any atom is -0.348 e. The van der Waals surface area contributed by atoms with Crippen molar-refractivity contribution >= 4 is 22.8 Å². The number of nitrogens with zero attached hydrogens (tertiary/aromatic N) is 3. The molecule has 1 aromatic heterocycles. The van der Waals surface area contributed by atoms with E-state index in [0.29, 0.717) is 12.0 Å². The number of hydrogen-bond acceptors (Lipinski definition) is 5. The number of aromatic nitrogens is 1. The number of anilines is 1. The Labute approximate surface area is 119 Å². The van der Waals surface area contributed by atoms with Crippen LogP contribution in [0.2, 0.25) is 0 Å². The highest BCUT2D eigenvalue weighted by Gasteiger charge is 2.24. The number of carbonyl (C=O) groups excluding carboxylic acids is 1. The summed E-state index contributed by atoms with van der Waals surface area (Å²) in [4.78, 5) is 21.2. The molecule has 1 aliphatic heterocycles. The van der Waals surface area contributed by atoms with Gasteiger partial charge in [0, 0.05) is 19.1 Å². The van der Waals surface area contributed by atoms with Crippen molar-refractivity contribution in [3.63, 3.8) is 0 Å². The molecule has 0 N–H and O–H groups in total. The number of aldehydes is 1. The van der Waals surface area contributed by atoms with Crippen LogP contribution in [0.15, 0.2) is 0 Å². The molecule has 1 aromatic rings. The third-order valence-corrected chi connectivity index (χ3v) is 4.85. The molecule has 0 aliphatic carbocycles. The normalized spacial score (nSPS) is 17.5. The Kier molecular flexibility index (Phi) is 4.58. The molecule has 106 valence electrons. The Morgan fingerprint density at radius 2 is 2.00 bits per heavy atom. The predicted molar refractivity (Wildman–Crippen MR) is 80.5 cm³/mol. The van der Waals surface area contributed by atoms with Gasteiger partial charge in [-0.1, -0.05) is 25.2 Å². The lowest BCUT2D eigenvalue weighted by molar-refractivity contribution is 0.112. The van der Waals surface area contributed by atoms with Crippen molar-refractivity contribution in [2.24, 2.45) is 0 Å². The Morgan fingerprint density at radius 3 is 2.42 bits per heavy atom. The van der Waals surface area contributed by atoms with Crippen molar-refractivity contribution in [3.8, 4) is 0 Å². The number of carbonyl (C=O) groups is 1. The highest BCUT2D eigenvalue weighted by Crippen LogP contribution is 2.31. The second-order valence-electron chi connectivity index (χ2n) is 5.70. The predicted octanol–water partition coefficient (Wildman–Crippen LogP) is 2.61. The van der Waals surface area contributed by atoms with E-state index in [1.165, 1.54) is 24.2 Å². The van der Waals surface area contributed by atoms with Crippen LogP contribution in [0.4, 0.5) is 5.13 Å². The quantitative estimate of drug-likeness (QED) is 0.795. The molecule has 2 heterocycles. The summed E-state index contributed by atoms with van der Waals surface area (Å²) in [6, 6.07) is 0.673. The van der Waals surface area contributed by atoms with Gasteiger partial charge in [-0.15, -0.1) is 0 Å². The molecule has 0 spiro atoms. The maximum absolute atomic E-state index is 11.1. The molecule has 0 bridgehead atoms. The summed E-state index contributed by atoms with van der Waals surface area (Å²) in [7, 11) is 4.29. The average Bonchev–Trinajstić information content (AvgIpc) is 2.83. The minimum absolute atomic E-state index is 0.310. The summed E-state index contributed by atoms with van der Waals surface area (Å²) >= 11 is 1.54. The smallest absolute Gasteiger partial charge is 0.186 e. The molecule has 2 rings (SSSR count). The molecule has 0 aromatic carbocycles. The Hall–Kier alpha value is -0.940. The zero-order valence-electron chi connectivity index (χ0n) is 12.2. The van der Waals surface area contributed by atoms with E-state index in [1.807, 2.05) is 0 Å². The average molecular weight is 281 g/mol. The fourth-order valence-corrected chi connectivity index (χ4v) is 3.62. The first-order chi connectivity index (χ1) is 9.02. The molecule has 1 saturated heterocycles. The van der Waals surface area contributed by atoms with Gasteiger partial charge < -0.3 is 9.80 Å². The minimum atomic E-state index is 0.310. The second-order valence-corrected chi connectivity index (χ2v) is 6.71. The van der Waals surface area contributed by atoms with Gasteiger partial charge in [0.15, 0.2) is 11.4 Å². The molecule has 0 atom stereocenters. The molecule has 5 heteroatoms. The first-order valence-electron chi connectivity index (χ1n) is 6.90. The molecular weight excluding hydrogens is 258 g/mol. The van der Waals surface area contributed by atoms with Crippen LogP contribution in [0.1, 0.15) is 48.0 Å². The van der Waals surface area contributed by atoms with Gasteiger partial charge in [0.05, 0.1) is 10.6 Å². The van der Waals surface area contributed by atoms with E-state index in [-0.39, 0.29) is 0 Å². The molecule has 0 radical (unpaired) electrons. The first-order valence-corrected chi connectivity index (χ1v) is 7.71. The van der Waals surface area contributed by atoms with Crippen LogP contribution in [0.25, 0.3) is 0 Å². The van der Waals surface area contributed by atoms with Gasteiger partial charge in [-0.05, 0) is 32.9 Å². The van der Waals surface area contributed by atoms with Crippen molar-refractivity contribution in [2.45, 2.75) is 38.6 Å². The molecule has 0 saturated carbocycles. The van der Waals surface area contributed by atoms with Crippen LogP contribution < -0.4 is 4.90 Å². The van der Waals surface area contributed by atoms with Gasteiger partial charge in [0.25, 0.3) is 0 Å². The number of piperidine rings is 1. The van der Waals surface area contributed by atoms with E-state index in [1.54, 1.807) is 0 Å². The van der Waals surface area contributed by atoms with Crippen molar-refractivity contribution in [3.05, 3.63) is 10.6 Å². The lowest BCUT2D eigenvalue weighted by atomic mass is 10.0. The maximum atomic E-state index is 11.1. The molecular formula is C14H23N3OS. The third kappa shape index (κ3) is 3.15. The number of rotatable bonds is 4. The SMILES string of the molecule is CC(C)c1nc(N2CCC(N(C)C)CC2)sc1C=O. The number of thiazole rings is 1. The molecule has 0 amide bonds. The molecule has 4 nitrogen and oxygen atoms in total. The van der Waals surface area contributed by atoms with E-state index in [2.05, 4.69) is 42.7 Å². The highest BCUT2D eigenvalue weighted by molar-refractivity contribution is 7.17. The zero-order valence-corrected chi connectivity index (χ0v) is 13.0. The van der Waals surface area contributed by atoms with Gasteiger partial charge in [-0.25, -0.2) is 4.98 Å². The van der Waals surface area contributed by atoms with E-state index >= 15 is 0 Å². The van der Waals surface area contributed by atoms with Gasteiger partial charge in [0.2, 0.25) is 0 Å². The Morgan fingerprint density at radius 1 is 1.37 bits per heavy atom. The third-order valence-electron chi connectivity index (χ3n) is 3.79. The summed E-state index contributed by atoms with van der Waals surface area (Å²) in [6.07, 6.45) is 3.28. The van der Waals surface area contributed by atoms with Gasteiger partial charge in [-0.3, -0.25) is 4.79 Å². The zero-order chi connectivity index (χ0) is 14.0. The first kappa shape index (κ1) is 14.5. The summed E-state index contributed by atoms with van der Waals surface area (Å²) in [5.41, 5.74) is 0.949. The second kappa shape index (κ2) is 6.01. The largest absolute Gasteiger partial charge is 0.348 e. The van der Waals surface area contributed by atoms with E-state index in [0.717, 1.165) is 35.1 Å². The van der Waals surface area contributed by atoms with Gasteiger partial charge in [0.1, 0.15) is 0 Å². The van der Waals surface area contributed by atoms with Crippen molar-refractivity contribution < 1.29 is 4.79 Å². The van der Waals surface area contributed by atoms with Crippen LogP contribution in [-0.4, -0.2) is 49.4 Å². The van der Waals surface area contributed by atoms with E-state index in [4.69, 9.17) is 0 Å². The lowest BCUT2D eigenvalue weighted by Gasteiger charge is -2.35. The van der Waals surface area contributed by atoms with Crippen molar-refractivity contribution in [1.82, 2.24) is 9.88 Å². The molecule has 0 unspecified atom stereocenters. The number of hydrogen-bond donors (Lipinski definition) is 0. The van der Waals surface area contributed by atoms with Gasteiger partial charge >= 0.3 is 0 Å². The topological polar surface area (TPSA) is 36.4 Å². The van der Waals surface area contributed by atoms with Crippen LogP contribution in [0.5, 0.6) is 0 Å². The Balaban J connectivity index is 2.09. The molecule has 1 aliphatic rings. The van der Waals surface area contributed by atoms with Crippen molar-refractivity contribution in [2.75, 3.05) is 32.1 Å². The highest BCUT2D eigenvalue weighted by atomic mass is 32.1. The Bertz CT molecular complexity index is 434. The maximum Gasteiger partial charge on any atom is 0.186 e. The molecule has 19 heavy (non-hydrogen) atoms. The van der Waals surface area contributed by atoms with E-state index < -0.39 is 0 Å². The van der Waals surface area contributed by atoms with Crippen LogP contribution in [-0.2, 0) is 0 Å². The summed E-state index contributed by atoms with van der Waals surface area (Å²) in [5.74, 6) is 0.310. The fourth-order valence-electron chi connectivity index (χ4n) is 2.54. The van der Waals surface area contributed by atoms with Crippen LogP contribution in [0, 0.1) is 0 Å². The van der Waals surface area contributed by atoms with Crippen LogP contribution >= 0.6 is 11.3 Å². The summed E-state index contributed by atoms with van der Waals surface area (Å²) < 4.78 is 0. The lowest BCUT2D eigenvalue weighted by Crippen LogP contribution is -2.41. The van der Waals surface area contributed by atoms with Crippen molar-refractivity contribution in [1.29, 1.82) is 0 Å². The monoisotopic (exact) mass is 281 g/mol. The molecule has 1 fully saturated rings. The fraction of sp³-hybridized carbons (Fsp3) is 0.714. The summed E-state index contributed by atoms with van der Waals surface area (Å²) in [6.45, 7) is 6.24. The standard InChI is InChI=1S/C14H23N3OS/c1-10(2)13-12(9-18)19-14(15-13)17-7-5-11(6-8-17)16(3)4/h9-11H,5-8H2,1-4H3. The summed E-state index contributed by atoms with van der Waals surface area (Å²) in [5, 5.41) is 1.02. The van der Waals surface area contributed by atoms with E-state index in [9.17, 15) is 4.79 Å². The van der Waals surface area contributed by atoms with Crippen LogP contribution in [0.3, 0.4) is 0 Å². The van der Waals surface area contributed by atoms with Gasteiger partial charge in [-0.2, -0.15) is 0 Å².